The second kappa shape index (κ2) is 5.61. The summed E-state index contributed by atoms with van der Waals surface area (Å²) in [7, 11) is 0. The first-order chi connectivity index (χ1) is 9.98. The molecule has 5 heteroatoms. The highest BCUT2D eigenvalue weighted by Crippen LogP contribution is 2.40. The van der Waals surface area contributed by atoms with Crippen LogP contribution < -0.4 is 0 Å². The monoisotopic (exact) mass is 299 g/mol. The molecule has 21 heavy (non-hydrogen) atoms. The topological polar surface area (TPSA) is 23.5 Å². The molecule has 1 aromatic carbocycles. The number of halogens is 3. The van der Waals surface area contributed by atoms with Gasteiger partial charge in [-0.2, -0.15) is 0 Å². The molecule has 1 heterocycles. The van der Waals surface area contributed by atoms with Crippen LogP contribution in [0.3, 0.4) is 0 Å². The normalized spacial score (nSPS) is 30.2. The van der Waals surface area contributed by atoms with Gasteiger partial charge in [-0.05, 0) is 25.3 Å². The second-order valence-electron chi connectivity index (χ2n) is 6.39. The lowest BCUT2D eigenvalue weighted by atomic mass is 9.71. The minimum atomic E-state index is -1.16. The van der Waals surface area contributed by atoms with Gasteiger partial charge in [0, 0.05) is 37.2 Å². The van der Waals surface area contributed by atoms with Gasteiger partial charge in [0.2, 0.25) is 0 Å². The van der Waals surface area contributed by atoms with Gasteiger partial charge >= 0.3 is 0 Å². The lowest BCUT2D eigenvalue weighted by Crippen LogP contribution is -2.53. The maximum Gasteiger partial charge on any atom is 0.161 e. The summed E-state index contributed by atoms with van der Waals surface area (Å²) < 4.78 is 39.9. The minimum absolute atomic E-state index is 0.176. The summed E-state index contributed by atoms with van der Waals surface area (Å²) in [5.74, 6) is -2.68. The number of rotatable bonds is 2. The molecule has 0 radical (unpaired) electrons. The second-order valence-corrected chi connectivity index (χ2v) is 6.39. The first-order valence-corrected chi connectivity index (χ1v) is 7.56. The van der Waals surface area contributed by atoms with Crippen LogP contribution in [0.4, 0.5) is 13.2 Å². The summed E-state index contributed by atoms with van der Waals surface area (Å²) in [6.07, 6.45) is 4.66. The van der Waals surface area contributed by atoms with E-state index in [2.05, 4.69) is 0 Å². The fourth-order valence-corrected chi connectivity index (χ4v) is 3.71. The third-order valence-corrected chi connectivity index (χ3v) is 5.00. The molecule has 0 amide bonds. The maximum absolute atomic E-state index is 13.7. The smallest absolute Gasteiger partial charge is 0.161 e. The molecule has 1 saturated carbocycles. The lowest BCUT2D eigenvalue weighted by molar-refractivity contribution is -0.0969. The van der Waals surface area contributed by atoms with E-state index < -0.39 is 23.1 Å². The average Bonchev–Trinajstić information content (AvgIpc) is 2.45. The summed E-state index contributed by atoms with van der Waals surface area (Å²) in [4.78, 5) is 2.03. The van der Waals surface area contributed by atoms with E-state index in [1.807, 2.05) is 4.90 Å². The molecule has 116 valence electrons. The van der Waals surface area contributed by atoms with Crippen LogP contribution in [0.15, 0.2) is 12.1 Å². The zero-order chi connectivity index (χ0) is 15.0. The summed E-state index contributed by atoms with van der Waals surface area (Å²) >= 11 is 0. The zero-order valence-corrected chi connectivity index (χ0v) is 11.9. The minimum Gasteiger partial charge on any atom is -0.390 e. The zero-order valence-electron chi connectivity index (χ0n) is 11.9. The average molecular weight is 299 g/mol. The van der Waals surface area contributed by atoms with E-state index in [-0.39, 0.29) is 18.0 Å². The highest BCUT2D eigenvalue weighted by atomic mass is 19.2. The molecular formula is C16H20F3NO. The number of aliphatic hydroxyl groups is 1. The van der Waals surface area contributed by atoms with Crippen molar-refractivity contribution in [2.75, 3.05) is 13.1 Å². The van der Waals surface area contributed by atoms with Crippen molar-refractivity contribution in [1.82, 2.24) is 4.90 Å². The van der Waals surface area contributed by atoms with Crippen molar-refractivity contribution < 1.29 is 18.3 Å². The van der Waals surface area contributed by atoms with E-state index in [0.29, 0.717) is 25.6 Å². The van der Waals surface area contributed by atoms with Crippen molar-refractivity contribution in [2.24, 2.45) is 5.92 Å². The van der Waals surface area contributed by atoms with Gasteiger partial charge in [-0.25, -0.2) is 13.2 Å². The molecule has 0 aromatic heterocycles. The first-order valence-electron chi connectivity index (χ1n) is 7.56. The molecule has 2 aliphatic rings. The summed E-state index contributed by atoms with van der Waals surface area (Å²) in [6, 6.07) is 1.54. The van der Waals surface area contributed by atoms with Gasteiger partial charge in [-0.3, -0.25) is 4.90 Å². The highest BCUT2D eigenvalue weighted by molar-refractivity contribution is 5.20. The Labute approximate surface area is 122 Å². The highest BCUT2D eigenvalue weighted by Gasteiger charge is 2.42. The molecule has 1 saturated heterocycles. The SMILES string of the molecule is OC12CCCCC1CN(Cc1cc(F)c(F)cc1F)CC2. The van der Waals surface area contributed by atoms with Crippen molar-refractivity contribution in [3.8, 4) is 0 Å². The molecule has 2 fully saturated rings. The number of fused-ring (bicyclic) bond motifs is 1. The molecule has 1 aliphatic carbocycles. The number of hydrogen-bond acceptors (Lipinski definition) is 2. The quantitative estimate of drug-likeness (QED) is 0.848. The Hall–Kier alpha value is -1.07. The van der Waals surface area contributed by atoms with E-state index in [1.165, 1.54) is 0 Å². The Morgan fingerprint density at radius 3 is 2.67 bits per heavy atom. The third-order valence-electron chi connectivity index (χ3n) is 5.00. The predicted molar refractivity (Wildman–Crippen MR) is 73.1 cm³/mol. The molecule has 1 aromatic rings. The van der Waals surface area contributed by atoms with E-state index in [1.54, 1.807) is 0 Å². The van der Waals surface area contributed by atoms with Gasteiger partial charge in [0.05, 0.1) is 5.60 Å². The largest absolute Gasteiger partial charge is 0.390 e. The Morgan fingerprint density at radius 2 is 1.86 bits per heavy atom. The fraction of sp³-hybridized carbons (Fsp3) is 0.625. The van der Waals surface area contributed by atoms with Crippen molar-refractivity contribution in [1.29, 1.82) is 0 Å². The van der Waals surface area contributed by atoms with Crippen LogP contribution in [0.2, 0.25) is 0 Å². The summed E-state index contributed by atoms with van der Waals surface area (Å²) in [5, 5.41) is 10.6. The molecule has 2 nitrogen and oxygen atoms in total. The van der Waals surface area contributed by atoms with Crippen LogP contribution in [0.5, 0.6) is 0 Å². The van der Waals surface area contributed by atoms with E-state index in [0.717, 1.165) is 31.7 Å². The lowest BCUT2D eigenvalue weighted by Gasteiger charge is -2.47. The number of hydrogen-bond donors (Lipinski definition) is 1. The standard InChI is InChI=1S/C16H20F3NO/c17-13-8-15(19)14(18)7-11(13)9-20-6-5-16(21)4-2-1-3-12(16)10-20/h7-8,12,21H,1-6,9-10H2. The molecule has 1 N–H and O–H groups in total. The van der Waals surface area contributed by atoms with Crippen LogP contribution in [0.25, 0.3) is 0 Å². The molecule has 1 aliphatic heterocycles. The van der Waals surface area contributed by atoms with Crippen LogP contribution in [0.1, 0.15) is 37.7 Å². The van der Waals surface area contributed by atoms with Crippen LogP contribution in [-0.2, 0) is 6.54 Å². The van der Waals surface area contributed by atoms with E-state index in [9.17, 15) is 18.3 Å². The van der Waals surface area contributed by atoms with Gasteiger partial charge in [-0.15, -0.1) is 0 Å². The first kappa shape index (κ1) is 14.9. The van der Waals surface area contributed by atoms with Crippen LogP contribution in [0, 0.1) is 23.4 Å². The number of benzene rings is 1. The maximum atomic E-state index is 13.7. The van der Waals surface area contributed by atoms with Crippen LogP contribution in [-0.4, -0.2) is 28.7 Å². The van der Waals surface area contributed by atoms with E-state index >= 15 is 0 Å². The Balaban J connectivity index is 1.71. The van der Waals surface area contributed by atoms with Gasteiger partial charge in [-0.1, -0.05) is 12.8 Å². The molecule has 2 unspecified atom stereocenters. The molecule has 0 spiro atoms. The Morgan fingerprint density at radius 1 is 1.10 bits per heavy atom. The Bertz CT molecular complexity index is 536. The molecule has 0 bridgehead atoms. The fourth-order valence-electron chi connectivity index (χ4n) is 3.71. The van der Waals surface area contributed by atoms with Gasteiger partial charge in [0.25, 0.3) is 0 Å². The summed E-state index contributed by atoms with van der Waals surface area (Å²) in [5.41, 5.74) is -0.406. The van der Waals surface area contributed by atoms with Gasteiger partial charge in [0.1, 0.15) is 5.82 Å². The van der Waals surface area contributed by atoms with Crippen LogP contribution >= 0.6 is 0 Å². The van der Waals surface area contributed by atoms with Gasteiger partial charge in [0.15, 0.2) is 11.6 Å². The number of likely N-dealkylation sites (tertiary alicyclic amines) is 1. The van der Waals surface area contributed by atoms with Gasteiger partial charge < -0.3 is 5.11 Å². The Kier molecular flexibility index (Phi) is 3.97. The molecular weight excluding hydrogens is 279 g/mol. The number of nitrogens with zero attached hydrogens (tertiary/aromatic N) is 1. The van der Waals surface area contributed by atoms with Crippen molar-refractivity contribution >= 4 is 0 Å². The van der Waals surface area contributed by atoms with Crippen molar-refractivity contribution in [3.05, 3.63) is 35.1 Å². The number of piperidine rings is 1. The third kappa shape index (κ3) is 2.94. The predicted octanol–water partition coefficient (Wildman–Crippen LogP) is 3.23. The van der Waals surface area contributed by atoms with Crippen molar-refractivity contribution in [3.63, 3.8) is 0 Å². The molecule has 3 rings (SSSR count). The van der Waals surface area contributed by atoms with E-state index in [4.69, 9.17) is 0 Å². The molecule has 2 atom stereocenters. The summed E-state index contributed by atoms with van der Waals surface area (Å²) in [6.45, 7) is 1.61. The van der Waals surface area contributed by atoms with Crippen molar-refractivity contribution in [2.45, 2.75) is 44.2 Å².